The largest absolute Gasteiger partial charge is 0.497 e. The highest BCUT2D eigenvalue weighted by Gasteiger charge is 2.23. The van der Waals surface area contributed by atoms with E-state index in [1.54, 1.807) is 19.6 Å². The molecule has 7 heteroatoms. The number of carbonyl (C=O) groups is 1. The van der Waals surface area contributed by atoms with E-state index in [0.717, 1.165) is 35.7 Å². The fourth-order valence-corrected chi connectivity index (χ4v) is 3.29. The molecule has 1 aromatic carbocycles. The average Bonchev–Trinajstić information content (AvgIpc) is 3.08. The first-order chi connectivity index (χ1) is 12.7. The summed E-state index contributed by atoms with van der Waals surface area (Å²) in [5, 5.41) is 0. The Kier molecular flexibility index (Phi) is 4.20. The molecule has 26 heavy (non-hydrogen) atoms. The minimum Gasteiger partial charge on any atom is -0.497 e. The summed E-state index contributed by atoms with van der Waals surface area (Å²) in [6, 6.07) is 9.45. The summed E-state index contributed by atoms with van der Waals surface area (Å²) < 4.78 is 7.21. The maximum absolute atomic E-state index is 12.8. The maximum Gasteiger partial charge on any atom is 0.254 e. The molecule has 0 unspecified atom stereocenters. The number of nitrogens with zero attached hydrogens (tertiary/aromatic N) is 5. The molecule has 1 saturated heterocycles. The van der Waals surface area contributed by atoms with Crippen LogP contribution in [0.2, 0.25) is 0 Å². The van der Waals surface area contributed by atoms with Crippen molar-refractivity contribution in [3.8, 4) is 5.75 Å². The first-order valence-corrected chi connectivity index (χ1v) is 8.61. The van der Waals surface area contributed by atoms with Crippen LogP contribution >= 0.6 is 0 Å². The summed E-state index contributed by atoms with van der Waals surface area (Å²) in [5.41, 5.74) is 2.55. The first kappa shape index (κ1) is 16.4. The number of hydrogen-bond acceptors (Lipinski definition) is 5. The molecule has 1 aliphatic rings. The zero-order valence-electron chi connectivity index (χ0n) is 14.9. The van der Waals surface area contributed by atoms with Crippen LogP contribution in [0.5, 0.6) is 5.75 Å². The molecule has 0 radical (unpaired) electrons. The molecule has 0 aliphatic carbocycles. The summed E-state index contributed by atoms with van der Waals surface area (Å²) in [6.45, 7) is 2.82. The molecule has 3 heterocycles. The Hall–Kier alpha value is -3.09. The van der Waals surface area contributed by atoms with Gasteiger partial charge in [-0.05, 0) is 24.3 Å². The Morgan fingerprint density at radius 2 is 1.88 bits per heavy atom. The van der Waals surface area contributed by atoms with Gasteiger partial charge in [0, 0.05) is 51.1 Å². The number of benzene rings is 1. The quantitative estimate of drug-likeness (QED) is 0.722. The SMILES string of the molecule is COc1ccnc(N2CCN(C(=O)c3ccc4c(c3)ncn4C)CC2)c1. The van der Waals surface area contributed by atoms with Crippen molar-refractivity contribution in [3.05, 3.63) is 48.4 Å². The van der Waals surface area contributed by atoms with E-state index in [-0.39, 0.29) is 5.91 Å². The summed E-state index contributed by atoms with van der Waals surface area (Å²) in [7, 11) is 3.59. The molecule has 0 spiro atoms. The molecule has 1 amide bonds. The number of fused-ring (bicyclic) bond motifs is 1. The number of carbonyl (C=O) groups excluding carboxylic acids is 1. The number of amides is 1. The smallest absolute Gasteiger partial charge is 0.254 e. The molecular formula is C19H21N5O2. The normalized spacial score (nSPS) is 14.7. The predicted molar refractivity (Wildman–Crippen MR) is 99.6 cm³/mol. The zero-order valence-corrected chi connectivity index (χ0v) is 14.9. The number of imidazole rings is 1. The van der Waals surface area contributed by atoms with Crippen LogP contribution in [0.25, 0.3) is 11.0 Å². The van der Waals surface area contributed by atoms with Crippen molar-refractivity contribution in [3.63, 3.8) is 0 Å². The summed E-state index contributed by atoms with van der Waals surface area (Å²) in [4.78, 5) is 25.6. The van der Waals surface area contributed by atoms with E-state index in [1.807, 2.05) is 46.8 Å². The lowest BCUT2D eigenvalue weighted by molar-refractivity contribution is 0.0746. The van der Waals surface area contributed by atoms with Crippen LogP contribution in [0.4, 0.5) is 5.82 Å². The molecular weight excluding hydrogens is 330 g/mol. The van der Waals surface area contributed by atoms with Crippen LogP contribution in [-0.2, 0) is 7.05 Å². The molecule has 4 rings (SSSR count). The van der Waals surface area contributed by atoms with Gasteiger partial charge >= 0.3 is 0 Å². The number of anilines is 1. The Labute approximate surface area is 151 Å². The van der Waals surface area contributed by atoms with Gasteiger partial charge in [-0.25, -0.2) is 9.97 Å². The molecule has 7 nitrogen and oxygen atoms in total. The van der Waals surface area contributed by atoms with Gasteiger partial charge in [-0.2, -0.15) is 0 Å². The maximum atomic E-state index is 12.8. The lowest BCUT2D eigenvalue weighted by atomic mass is 10.1. The number of piperazine rings is 1. The van der Waals surface area contributed by atoms with E-state index in [2.05, 4.69) is 14.9 Å². The Balaban J connectivity index is 1.45. The van der Waals surface area contributed by atoms with Crippen molar-refractivity contribution in [2.24, 2.45) is 7.05 Å². The molecule has 134 valence electrons. The van der Waals surface area contributed by atoms with Gasteiger partial charge in [0.25, 0.3) is 5.91 Å². The highest BCUT2D eigenvalue weighted by Crippen LogP contribution is 2.21. The number of aromatic nitrogens is 3. The van der Waals surface area contributed by atoms with Gasteiger partial charge in [0.05, 0.1) is 24.5 Å². The monoisotopic (exact) mass is 351 g/mol. The van der Waals surface area contributed by atoms with Crippen molar-refractivity contribution in [1.29, 1.82) is 0 Å². The molecule has 1 aliphatic heterocycles. The van der Waals surface area contributed by atoms with Crippen LogP contribution in [-0.4, -0.2) is 58.6 Å². The molecule has 0 atom stereocenters. The van der Waals surface area contributed by atoms with Crippen molar-refractivity contribution < 1.29 is 9.53 Å². The Morgan fingerprint density at radius 1 is 1.08 bits per heavy atom. The van der Waals surface area contributed by atoms with Gasteiger partial charge in [-0.15, -0.1) is 0 Å². The number of ether oxygens (including phenoxy) is 1. The second kappa shape index (κ2) is 6.67. The molecule has 0 bridgehead atoms. The molecule has 0 N–H and O–H groups in total. The number of hydrogen-bond donors (Lipinski definition) is 0. The van der Waals surface area contributed by atoms with Crippen LogP contribution in [0.15, 0.2) is 42.9 Å². The van der Waals surface area contributed by atoms with Gasteiger partial charge in [0.15, 0.2) is 0 Å². The van der Waals surface area contributed by atoms with Crippen molar-refractivity contribution >= 4 is 22.8 Å². The van der Waals surface area contributed by atoms with E-state index in [4.69, 9.17) is 4.74 Å². The van der Waals surface area contributed by atoms with Gasteiger partial charge in [-0.1, -0.05) is 0 Å². The van der Waals surface area contributed by atoms with Crippen molar-refractivity contribution in [1.82, 2.24) is 19.4 Å². The van der Waals surface area contributed by atoms with E-state index in [1.165, 1.54) is 0 Å². The van der Waals surface area contributed by atoms with Crippen LogP contribution < -0.4 is 9.64 Å². The fourth-order valence-electron chi connectivity index (χ4n) is 3.29. The Bertz CT molecular complexity index is 944. The minimum absolute atomic E-state index is 0.0517. The lowest BCUT2D eigenvalue weighted by Crippen LogP contribution is -2.49. The van der Waals surface area contributed by atoms with Crippen LogP contribution in [0, 0.1) is 0 Å². The summed E-state index contributed by atoms with van der Waals surface area (Å²) in [5.74, 6) is 1.72. The summed E-state index contributed by atoms with van der Waals surface area (Å²) in [6.07, 6.45) is 3.51. The highest BCUT2D eigenvalue weighted by atomic mass is 16.5. The van der Waals surface area contributed by atoms with E-state index >= 15 is 0 Å². The second-order valence-electron chi connectivity index (χ2n) is 6.39. The topological polar surface area (TPSA) is 63.5 Å². The highest BCUT2D eigenvalue weighted by molar-refractivity contribution is 5.97. The number of rotatable bonds is 3. The van der Waals surface area contributed by atoms with E-state index in [9.17, 15) is 4.79 Å². The number of methoxy groups -OCH3 is 1. The molecule has 1 fully saturated rings. The van der Waals surface area contributed by atoms with Gasteiger partial charge < -0.3 is 19.1 Å². The average molecular weight is 351 g/mol. The minimum atomic E-state index is 0.0517. The molecule has 0 saturated carbocycles. The number of aryl methyl sites for hydroxylation is 1. The Morgan fingerprint density at radius 3 is 2.65 bits per heavy atom. The van der Waals surface area contributed by atoms with Gasteiger partial charge in [0.2, 0.25) is 0 Å². The third kappa shape index (κ3) is 2.96. The fraction of sp³-hybridized carbons (Fsp3) is 0.316. The third-order valence-corrected chi connectivity index (χ3v) is 4.82. The lowest BCUT2D eigenvalue weighted by Gasteiger charge is -2.35. The van der Waals surface area contributed by atoms with Crippen LogP contribution in [0.3, 0.4) is 0 Å². The van der Waals surface area contributed by atoms with Crippen molar-refractivity contribution in [2.45, 2.75) is 0 Å². The summed E-state index contributed by atoms with van der Waals surface area (Å²) >= 11 is 0. The van der Waals surface area contributed by atoms with E-state index < -0.39 is 0 Å². The van der Waals surface area contributed by atoms with Gasteiger partial charge in [-0.3, -0.25) is 4.79 Å². The first-order valence-electron chi connectivity index (χ1n) is 8.61. The van der Waals surface area contributed by atoms with Crippen LogP contribution in [0.1, 0.15) is 10.4 Å². The van der Waals surface area contributed by atoms with Gasteiger partial charge in [0.1, 0.15) is 11.6 Å². The zero-order chi connectivity index (χ0) is 18.1. The molecule has 3 aromatic rings. The standard InChI is InChI=1S/C19H21N5O2/c1-22-13-21-16-11-14(3-4-17(16)22)19(25)24-9-7-23(8-10-24)18-12-15(26-2)5-6-20-18/h3-6,11-13H,7-10H2,1-2H3. The third-order valence-electron chi connectivity index (χ3n) is 4.82. The predicted octanol–water partition coefficient (Wildman–Crippen LogP) is 1.94. The van der Waals surface area contributed by atoms with Crippen molar-refractivity contribution in [2.75, 3.05) is 38.2 Å². The van der Waals surface area contributed by atoms with E-state index in [0.29, 0.717) is 18.7 Å². The molecule has 2 aromatic heterocycles. The second-order valence-corrected chi connectivity index (χ2v) is 6.39. The number of pyridine rings is 1.